The topological polar surface area (TPSA) is 54.4 Å². The fourth-order valence-electron chi connectivity index (χ4n) is 2.31. The average molecular weight is 360 g/mol. The standard InChI is InChI=1S/C16H7BF2O3S2/c17-15(20)9-5-8(12-2-4-14(19)24-12)10(16(21)22)6-7(9)11-1-3-13(18)23-11/h1-6H,(H,21,22). The summed E-state index contributed by atoms with van der Waals surface area (Å²) in [5.41, 5.74) is -0.439. The molecule has 0 unspecified atom stereocenters. The Balaban J connectivity index is 2.30. The van der Waals surface area contributed by atoms with Crippen molar-refractivity contribution >= 4 is 42.2 Å². The third kappa shape index (κ3) is 3.02. The molecule has 0 aliphatic carbocycles. The maximum atomic E-state index is 13.3. The number of carbonyl (C=O) groups excluding carboxylic acids is 1. The third-order valence-electron chi connectivity index (χ3n) is 3.33. The third-order valence-corrected chi connectivity index (χ3v) is 5.14. The van der Waals surface area contributed by atoms with Gasteiger partial charge in [0.2, 0.25) is 0 Å². The Hall–Kier alpha value is -2.32. The van der Waals surface area contributed by atoms with Crippen LogP contribution in [0.15, 0.2) is 36.4 Å². The number of carboxylic acid groups (broad SMARTS) is 1. The Morgan fingerprint density at radius 3 is 1.71 bits per heavy atom. The van der Waals surface area contributed by atoms with Crippen LogP contribution in [0.4, 0.5) is 8.78 Å². The quantitative estimate of drug-likeness (QED) is 0.701. The fraction of sp³-hybridized carbons (Fsp3) is 0. The fourth-order valence-corrected chi connectivity index (χ4v) is 3.83. The molecule has 0 spiro atoms. The van der Waals surface area contributed by atoms with Crippen molar-refractivity contribution in [3.05, 3.63) is 57.8 Å². The van der Waals surface area contributed by atoms with Gasteiger partial charge in [0.15, 0.2) is 18.1 Å². The van der Waals surface area contributed by atoms with E-state index in [1.54, 1.807) is 0 Å². The summed E-state index contributed by atoms with van der Waals surface area (Å²) in [6.07, 6.45) is 0. The average Bonchev–Trinajstić information content (AvgIpc) is 3.14. The second-order valence-electron chi connectivity index (χ2n) is 4.82. The first-order valence-corrected chi connectivity index (χ1v) is 8.22. The number of aromatic carboxylic acids is 1. The van der Waals surface area contributed by atoms with Gasteiger partial charge in [-0.1, -0.05) is 0 Å². The lowest BCUT2D eigenvalue weighted by Gasteiger charge is -2.11. The highest BCUT2D eigenvalue weighted by molar-refractivity contribution is 7.14. The number of benzene rings is 1. The number of carboxylic acids is 1. The van der Waals surface area contributed by atoms with Gasteiger partial charge in [-0.15, -0.1) is 22.7 Å². The highest BCUT2D eigenvalue weighted by Gasteiger charge is 2.21. The molecule has 1 aromatic carbocycles. The van der Waals surface area contributed by atoms with E-state index in [1.807, 2.05) is 0 Å². The zero-order chi connectivity index (χ0) is 17.4. The van der Waals surface area contributed by atoms with E-state index in [1.165, 1.54) is 36.4 Å². The van der Waals surface area contributed by atoms with Crippen molar-refractivity contribution in [2.24, 2.45) is 0 Å². The van der Waals surface area contributed by atoms with E-state index in [-0.39, 0.29) is 22.3 Å². The van der Waals surface area contributed by atoms with Gasteiger partial charge in [0.1, 0.15) is 5.68 Å². The van der Waals surface area contributed by atoms with E-state index in [0.29, 0.717) is 9.75 Å². The molecule has 0 saturated heterocycles. The Bertz CT molecular complexity index is 884. The molecule has 0 saturated carbocycles. The number of thiophene rings is 2. The summed E-state index contributed by atoms with van der Waals surface area (Å²) in [5, 5.41) is 8.51. The largest absolute Gasteiger partial charge is 0.478 e. The van der Waals surface area contributed by atoms with E-state index < -0.39 is 21.9 Å². The molecular formula is C16H7BF2O3S2. The highest BCUT2D eigenvalue weighted by Crippen LogP contribution is 2.37. The van der Waals surface area contributed by atoms with Crippen LogP contribution in [0.3, 0.4) is 0 Å². The van der Waals surface area contributed by atoms with Crippen LogP contribution in [0.5, 0.6) is 0 Å². The Labute approximate surface area is 144 Å². The van der Waals surface area contributed by atoms with E-state index in [4.69, 9.17) is 7.85 Å². The van der Waals surface area contributed by atoms with Crippen LogP contribution in [0.1, 0.15) is 20.7 Å². The van der Waals surface area contributed by atoms with Crippen molar-refractivity contribution in [2.75, 3.05) is 0 Å². The zero-order valence-corrected chi connectivity index (χ0v) is 13.5. The van der Waals surface area contributed by atoms with Crippen molar-refractivity contribution in [1.82, 2.24) is 0 Å². The van der Waals surface area contributed by atoms with Gasteiger partial charge < -0.3 is 9.90 Å². The smallest absolute Gasteiger partial charge is 0.336 e. The van der Waals surface area contributed by atoms with Gasteiger partial charge in [0.05, 0.1) is 5.56 Å². The molecule has 1 N–H and O–H groups in total. The molecule has 0 aliphatic heterocycles. The molecule has 0 aliphatic rings. The van der Waals surface area contributed by atoms with Gasteiger partial charge in [-0.3, -0.25) is 0 Å². The van der Waals surface area contributed by atoms with Gasteiger partial charge >= 0.3 is 5.97 Å². The number of hydrogen-bond donors (Lipinski definition) is 1. The van der Waals surface area contributed by atoms with E-state index in [2.05, 4.69) is 0 Å². The van der Waals surface area contributed by atoms with Crippen molar-refractivity contribution in [2.45, 2.75) is 0 Å². The lowest BCUT2D eigenvalue weighted by atomic mass is 9.87. The summed E-state index contributed by atoms with van der Waals surface area (Å²) in [6, 6.07) is 7.87. The summed E-state index contributed by atoms with van der Waals surface area (Å²) in [5.74, 6) is -1.24. The van der Waals surface area contributed by atoms with Gasteiger partial charge in [-0.05, 0) is 36.4 Å². The van der Waals surface area contributed by atoms with Crippen LogP contribution < -0.4 is 0 Å². The molecule has 24 heavy (non-hydrogen) atoms. The van der Waals surface area contributed by atoms with E-state index in [0.717, 1.165) is 22.7 Å². The lowest BCUT2D eigenvalue weighted by Crippen LogP contribution is -2.06. The predicted octanol–water partition coefficient (Wildman–Crippen LogP) is 4.43. The van der Waals surface area contributed by atoms with Crippen molar-refractivity contribution in [3.63, 3.8) is 0 Å². The number of rotatable bonds is 4. The molecule has 2 radical (unpaired) electrons. The van der Waals surface area contributed by atoms with Crippen LogP contribution in [0, 0.1) is 10.3 Å². The molecule has 0 amide bonds. The maximum Gasteiger partial charge on any atom is 0.336 e. The second kappa shape index (κ2) is 6.29. The van der Waals surface area contributed by atoms with Crippen LogP contribution >= 0.6 is 22.7 Å². The lowest BCUT2D eigenvalue weighted by molar-refractivity contribution is 0.0697. The van der Waals surface area contributed by atoms with Crippen LogP contribution in [0.2, 0.25) is 0 Å². The summed E-state index contributed by atoms with van der Waals surface area (Å²) in [6.45, 7) is 0. The van der Waals surface area contributed by atoms with Crippen molar-refractivity contribution < 1.29 is 23.5 Å². The summed E-state index contributed by atoms with van der Waals surface area (Å²) in [4.78, 5) is 24.1. The minimum atomic E-state index is -1.24. The summed E-state index contributed by atoms with van der Waals surface area (Å²) < 4.78 is 26.6. The molecule has 0 atom stereocenters. The highest BCUT2D eigenvalue weighted by atomic mass is 32.1. The minimum Gasteiger partial charge on any atom is -0.478 e. The van der Waals surface area contributed by atoms with Gasteiger partial charge in [0.25, 0.3) is 0 Å². The molecule has 2 aromatic heterocycles. The van der Waals surface area contributed by atoms with Crippen molar-refractivity contribution in [1.29, 1.82) is 0 Å². The Morgan fingerprint density at radius 2 is 1.33 bits per heavy atom. The minimum absolute atomic E-state index is 0.0469. The van der Waals surface area contributed by atoms with E-state index in [9.17, 15) is 23.5 Å². The van der Waals surface area contributed by atoms with Crippen LogP contribution in [-0.4, -0.2) is 24.6 Å². The normalized spacial score (nSPS) is 10.8. The zero-order valence-electron chi connectivity index (χ0n) is 11.9. The molecule has 0 fully saturated rings. The van der Waals surface area contributed by atoms with Gasteiger partial charge in [-0.2, -0.15) is 8.78 Å². The van der Waals surface area contributed by atoms with Crippen molar-refractivity contribution in [3.8, 4) is 20.9 Å². The number of hydrogen-bond acceptors (Lipinski definition) is 4. The first kappa shape index (κ1) is 16.5. The van der Waals surface area contributed by atoms with Crippen LogP contribution in [-0.2, 0) is 0 Å². The molecule has 2 heterocycles. The molecule has 8 heteroatoms. The monoisotopic (exact) mass is 360 g/mol. The summed E-state index contributed by atoms with van der Waals surface area (Å²) in [7, 11) is 5.39. The van der Waals surface area contributed by atoms with Gasteiger partial charge in [-0.25, -0.2) is 4.79 Å². The first-order valence-electron chi connectivity index (χ1n) is 6.59. The SMILES string of the molecule is [B]C(=O)c1cc(-c2ccc(F)s2)c(C(=O)O)cc1-c1ccc(F)s1. The first-order chi connectivity index (χ1) is 11.4. The summed E-state index contributed by atoms with van der Waals surface area (Å²) >= 11 is 1.53. The van der Waals surface area contributed by atoms with Crippen LogP contribution in [0.25, 0.3) is 20.9 Å². The van der Waals surface area contributed by atoms with Gasteiger partial charge in [0, 0.05) is 26.4 Å². The number of halogens is 2. The predicted molar refractivity (Wildman–Crippen MR) is 90.0 cm³/mol. The Morgan fingerprint density at radius 1 is 0.875 bits per heavy atom. The molecule has 0 bridgehead atoms. The van der Waals surface area contributed by atoms with E-state index >= 15 is 0 Å². The molecule has 3 nitrogen and oxygen atoms in total. The maximum absolute atomic E-state index is 13.3. The molecule has 118 valence electrons. The Kier molecular flexibility index (Phi) is 4.34. The second-order valence-corrected chi connectivity index (χ2v) is 6.89. The molecule has 3 aromatic rings. The molecule has 3 rings (SSSR count). The number of carbonyl (C=O) groups is 2. The molecular weight excluding hydrogens is 353 g/mol.